The molecule has 0 aromatic carbocycles. The van der Waals surface area contributed by atoms with Gasteiger partial charge in [-0.2, -0.15) is 0 Å². The van der Waals surface area contributed by atoms with E-state index in [0.29, 0.717) is 5.57 Å². The molecule has 56 valence electrons. The molecule has 0 aliphatic carbocycles. The third kappa shape index (κ3) is 5.79. The van der Waals surface area contributed by atoms with E-state index in [2.05, 4.69) is 29.1 Å². The summed E-state index contributed by atoms with van der Waals surface area (Å²) in [7, 11) is 0. The minimum atomic E-state index is 0.0191. The molecule has 0 aliphatic heterocycles. The van der Waals surface area contributed by atoms with E-state index in [-0.39, 0.29) is 6.61 Å². The summed E-state index contributed by atoms with van der Waals surface area (Å²) in [5.74, 6) is 0. The van der Waals surface area contributed by atoms with Crippen LogP contribution in [0.3, 0.4) is 0 Å². The molecule has 0 aliphatic rings. The number of hydrogen-bond acceptors (Lipinski definition) is 1. The summed E-state index contributed by atoms with van der Waals surface area (Å²) in [5.41, 5.74) is 0.716. The Bertz CT molecular complexity index is 159. The van der Waals surface area contributed by atoms with Crippen LogP contribution in [0.4, 0.5) is 0 Å². The van der Waals surface area contributed by atoms with E-state index in [1.54, 1.807) is 6.08 Å². The number of aliphatic hydroxyl groups is 1. The topological polar surface area (TPSA) is 20.2 Å². The molecule has 0 spiro atoms. The van der Waals surface area contributed by atoms with Gasteiger partial charge in [-0.15, -0.1) is 0 Å². The van der Waals surface area contributed by atoms with Crippen LogP contribution in [0.1, 0.15) is 6.42 Å². The number of halogens is 1. The fourth-order valence-corrected chi connectivity index (χ4v) is 0.593. The number of rotatable bonds is 4. The fourth-order valence-electron chi connectivity index (χ4n) is 0.406. The number of hydrogen-bond donors (Lipinski definition) is 1. The van der Waals surface area contributed by atoms with Gasteiger partial charge in [-0.1, -0.05) is 41.2 Å². The van der Waals surface area contributed by atoms with Crippen LogP contribution in [0.15, 0.2) is 35.4 Å². The maximum absolute atomic E-state index is 8.52. The molecule has 10 heavy (non-hydrogen) atoms. The van der Waals surface area contributed by atoms with Crippen molar-refractivity contribution >= 4 is 15.9 Å². The van der Waals surface area contributed by atoms with Gasteiger partial charge in [0.1, 0.15) is 0 Å². The number of aliphatic hydroxyl groups excluding tert-OH is 1. The first-order valence-electron chi connectivity index (χ1n) is 2.95. The van der Waals surface area contributed by atoms with Crippen molar-refractivity contribution in [3.05, 3.63) is 35.4 Å². The lowest BCUT2D eigenvalue weighted by Crippen LogP contribution is -1.81. The molecule has 0 radical (unpaired) electrons. The lowest BCUT2D eigenvalue weighted by Gasteiger charge is -1.90. The van der Waals surface area contributed by atoms with Crippen molar-refractivity contribution in [1.29, 1.82) is 0 Å². The highest BCUT2D eigenvalue weighted by Gasteiger charge is 1.83. The lowest BCUT2D eigenvalue weighted by atomic mass is 10.2. The predicted molar refractivity (Wildman–Crippen MR) is 48.0 cm³/mol. The molecule has 1 N–H and O–H groups in total. The second-order valence-corrected chi connectivity index (χ2v) is 3.06. The molecule has 0 heterocycles. The van der Waals surface area contributed by atoms with Crippen molar-refractivity contribution in [3.63, 3.8) is 0 Å². The van der Waals surface area contributed by atoms with Gasteiger partial charge < -0.3 is 5.11 Å². The molecule has 0 saturated carbocycles. The Labute approximate surface area is 69.9 Å². The van der Waals surface area contributed by atoms with Crippen molar-refractivity contribution in [2.75, 3.05) is 6.61 Å². The number of allylic oxidation sites excluding steroid dienone is 2. The zero-order chi connectivity index (χ0) is 7.98. The first-order chi connectivity index (χ1) is 4.66. The Morgan fingerprint density at radius 3 is 2.50 bits per heavy atom. The van der Waals surface area contributed by atoms with Crippen LogP contribution in [0.2, 0.25) is 0 Å². The molecule has 0 fully saturated rings. The summed E-state index contributed by atoms with van der Waals surface area (Å²) in [6.45, 7) is 7.26. The monoisotopic (exact) mass is 202 g/mol. The Balaban J connectivity index is 3.56. The van der Waals surface area contributed by atoms with Crippen LogP contribution in [-0.4, -0.2) is 11.7 Å². The molecule has 2 heteroatoms. The van der Waals surface area contributed by atoms with E-state index < -0.39 is 0 Å². The molecule has 0 aromatic heterocycles. The van der Waals surface area contributed by atoms with Crippen LogP contribution < -0.4 is 0 Å². The predicted octanol–water partition coefficient (Wildman–Crippen LogP) is 2.39. The third-order valence-corrected chi connectivity index (χ3v) is 1.22. The largest absolute Gasteiger partial charge is 0.392 e. The minimum absolute atomic E-state index is 0.0191. The summed E-state index contributed by atoms with van der Waals surface area (Å²) < 4.78 is 0.925. The molecule has 0 amide bonds. The molecule has 1 nitrogen and oxygen atoms in total. The Morgan fingerprint density at radius 2 is 2.10 bits per heavy atom. The second-order valence-electron chi connectivity index (χ2n) is 1.94. The van der Waals surface area contributed by atoms with Crippen molar-refractivity contribution in [3.8, 4) is 0 Å². The van der Waals surface area contributed by atoms with Gasteiger partial charge in [0.05, 0.1) is 6.61 Å². The molecule has 0 atom stereocenters. The highest BCUT2D eigenvalue weighted by molar-refractivity contribution is 9.11. The van der Waals surface area contributed by atoms with Gasteiger partial charge in [0.15, 0.2) is 0 Å². The van der Waals surface area contributed by atoms with Gasteiger partial charge in [-0.05, 0) is 16.5 Å². The van der Waals surface area contributed by atoms with Gasteiger partial charge in [0.25, 0.3) is 0 Å². The molecule has 0 rings (SSSR count). The van der Waals surface area contributed by atoms with Crippen molar-refractivity contribution < 1.29 is 5.11 Å². The molecule has 0 aromatic rings. The van der Waals surface area contributed by atoms with E-state index in [1.165, 1.54) is 0 Å². The van der Waals surface area contributed by atoms with E-state index in [9.17, 15) is 0 Å². The maximum Gasteiger partial charge on any atom is 0.0676 e. The maximum atomic E-state index is 8.52. The van der Waals surface area contributed by atoms with Crippen molar-refractivity contribution in [1.82, 2.24) is 0 Å². The lowest BCUT2D eigenvalue weighted by molar-refractivity contribution is 0.335. The van der Waals surface area contributed by atoms with E-state index in [4.69, 9.17) is 5.11 Å². The Kier molecular flexibility index (Phi) is 5.26. The van der Waals surface area contributed by atoms with Crippen LogP contribution >= 0.6 is 15.9 Å². The van der Waals surface area contributed by atoms with Gasteiger partial charge in [0.2, 0.25) is 0 Å². The summed E-state index contributed by atoms with van der Waals surface area (Å²) >= 11 is 3.21. The minimum Gasteiger partial charge on any atom is -0.392 e. The SMILES string of the molecule is C=C(Br)C/C=C\C(=C)CO. The summed E-state index contributed by atoms with van der Waals surface area (Å²) in [4.78, 5) is 0. The van der Waals surface area contributed by atoms with E-state index in [1.807, 2.05) is 6.08 Å². The van der Waals surface area contributed by atoms with E-state index >= 15 is 0 Å². The second kappa shape index (κ2) is 5.45. The highest BCUT2D eigenvalue weighted by Crippen LogP contribution is 2.07. The van der Waals surface area contributed by atoms with Crippen LogP contribution in [0.5, 0.6) is 0 Å². The molecule has 0 unspecified atom stereocenters. The zero-order valence-electron chi connectivity index (χ0n) is 5.81. The summed E-state index contributed by atoms with van der Waals surface area (Å²) in [6, 6.07) is 0. The third-order valence-electron chi connectivity index (χ3n) is 0.896. The van der Waals surface area contributed by atoms with Crippen molar-refractivity contribution in [2.45, 2.75) is 6.42 Å². The van der Waals surface area contributed by atoms with Gasteiger partial charge in [-0.25, -0.2) is 0 Å². The van der Waals surface area contributed by atoms with E-state index in [0.717, 1.165) is 10.9 Å². The normalized spacial score (nSPS) is 10.2. The average Bonchev–Trinajstić information content (AvgIpc) is 1.87. The van der Waals surface area contributed by atoms with Crippen LogP contribution in [0.25, 0.3) is 0 Å². The van der Waals surface area contributed by atoms with Gasteiger partial charge in [-0.3, -0.25) is 0 Å². The Morgan fingerprint density at radius 1 is 1.50 bits per heavy atom. The zero-order valence-corrected chi connectivity index (χ0v) is 7.39. The molecular formula is C8H11BrO. The molecular weight excluding hydrogens is 192 g/mol. The molecule has 0 bridgehead atoms. The smallest absolute Gasteiger partial charge is 0.0676 e. The van der Waals surface area contributed by atoms with Gasteiger partial charge >= 0.3 is 0 Å². The van der Waals surface area contributed by atoms with Gasteiger partial charge in [0, 0.05) is 0 Å². The van der Waals surface area contributed by atoms with Crippen LogP contribution in [0, 0.1) is 0 Å². The first-order valence-corrected chi connectivity index (χ1v) is 3.74. The summed E-state index contributed by atoms with van der Waals surface area (Å²) in [5, 5.41) is 8.52. The summed E-state index contributed by atoms with van der Waals surface area (Å²) in [6.07, 6.45) is 4.46. The fraction of sp³-hybridized carbons (Fsp3) is 0.250. The van der Waals surface area contributed by atoms with Crippen LogP contribution in [-0.2, 0) is 0 Å². The Hall–Kier alpha value is -0.340. The first kappa shape index (κ1) is 9.66. The quantitative estimate of drug-likeness (QED) is 0.695. The van der Waals surface area contributed by atoms with Crippen molar-refractivity contribution in [2.24, 2.45) is 0 Å². The standard InChI is InChI=1S/C8H11BrO/c1-7(6-10)4-3-5-8(2)9/h3-4,10H,1-2,5-6H2/b4-3-. The average molecular weight is 203 g/mol. The highest BCUT2D eigenvalue weighted by atomic mass is 79.9. The molecule has 0 saturated heterocycles.